The van der Waals surface area contributed by atoms with E-state index in [1.807, 2.05) is 6.92 Å². The van der Waals surface area contributed by atoms with Crippen LogP contribution in [0.1, 0.15) is 97.7 Å². The van der Waals surface area contributed by atoms with Gasteiger partial charge in [0.05, 0.1) is 49.6 Å². The molecular weight excluding hydrogens is 1020 g/mol. The fraction of sp³-hybridized carbons (Fsp3) is 0.571. The topological polar surface area (TPSA) is 245 Å². The van der Waals surface area contributed by atoms with Gasteiger partial charge in [-0.2, -0.15) is 0 Å². The summed E-state index contributed by atoms with van der Waals surface area (Å²) in [5.74, 6) is -4.66. The molecule has 1 aromatic heterocycles. The van der Waals surface area contributed by atoms with Crippen molar-refractivity contribution >= 4 is 63.7 Å². The van der Waals surface area contributed by atoms with Gasteiger partial charge in [0.25, 0.3) is 23.6 Å². The van der Waals surface area contributed by atoms with Crippen LogP contribution in [-0.2, 0) is 45.3 Å². The van der Waals surface area contributed by atoms with Crippen LogP contribution in [0.4, 0.5) is 8.78 Å². The highest BCUT2D eigenvalue weighted by Gasteiger charge is 2.41. The SMILES string of the molecule is CN[C@@H](C)C(=O)N[C@@H](C)C(=O)N1CCN(C(=O)c2c(C(=O)NCCOCCOCCNC(=O)C3=C(C(=O)N4CCN(C(=O)[C@@H](NC(=O)[C@H](C)NC)C5CCCCC5)CC4)C(C)c4ccc(F)cc43)c3cc(F)ccc3n2C)CC1. The van der Waals surface area contributed by atoms with Crippen LogP contribution in [0.15, 0.2) is 42.0 Å². The first-order valence-corrected chi connectivity index (χ1v) is 27.5. The molecule has 2 aromatic carbocycles. The van der Waals surface area contributed by atoms with Crippen molar-refractivity contribution in [3.8, 4) is 0 Å². The standard InChI is InChI=1S/C56H77F2N11O10/c1-33-40-15-13-38(57)31-41(40)45(44(33)54(75)67-21-23-68(24-22-67)55(76)47(37-11-9-8-10-12-37)64-50(71)35(3)60-6)51(72)61-17-27-78-29-30-79-28-18-62-52(73)46-42-32-39(58)14-16-43(42)65(7)48(46)56(77)69-25-19-66(20-26-69)53(74)36(4)63-49(70)34(2)59-5/h13-16,31-37,47,59-60H,8-12,17-30H2,1-7H3,(H,61,72)(H,62,73)(H,63,70)(H,64,71)/t33?,34-,35-,36-,47-/m0/s1. The van der Waals surface area contributed by atoms with Crippen LogP contribution in [0.2, 0.25) is 0 Å². The summed E-state index contributed by atoms with van der Waals surface area (Å²) in [7, 11) is 4.96. The molecule has 0 spiro atoms. The number of amides is 8. The third-order valence-electron chi connectivity index (χ3n) is 15.8. The molecule has 0 bridgehead atoms. The van der Waals surface area contributed by atoms with Crippen LogP contribution in [0.25, 0.3) is 16.5 Å². The number of nitrogens with zero attached hydrogens (tertiary/aromatic N) is 5. The third-order valence-corrected chi connectivity index (χ3v) is 15.8. The second-order valence-corrected chi connectivity index (χ2v) is 20.8. The number of fused-ring (bicyclic) bond motifs is 2. The van der Waals surface area contributed by atoms with Crippen LogP contribution in [0.5, 0.6) is 0 Å². The molecule has 1 unspecified atom stereocenters. The van der Waals surface area contributed by atoms with E-state index in [0.717, 1.165) is 32.1 Å². The van der Waals surface area contributed by atoms with Gasteiger partial charge in [0, 0.05) is 94.9 Å². The number of carbonyl (C=O) groups is 8. The Morgan fingerprint density at radius 3 is 1.73 bits per heavy atom. The van der Waals surface area contributed by atoms with Gasteiger partial charge in [-0.3, -0.25) is 38.4 Å². The van der Waals surface area contributed by atoms with E-state index in [2.05, 4.69) is 31.9 Å². The predicted molar refractivity (Wildman–Crippen MR) is 290 cm³/mol. The van der Waals surface area contributed by atoms with Crippen LogP contribution in [0, 0.1) is 17.6 Å². The molecule has 430 valence electrons. The average Bonchev–Trinajstić information content (AvgIpc) is 4.18. The Labute approximate surface area is 459 Å². The number of benzene rings is 2. The van der Waals surface area contributed by atoms with Crippen molar-refractivity contribution < 1.29 is 56.6 Å². The van der Waals surface area contributed by atoms with Gasteiger partial charge < -0.3 is 65.5 Å². The molecule has 2 aliphatic carbocycles. The summed E-state index contributed by atoms with van der Waals surface area (Å²) in [5, 5.41) is 17.3. The molecule has 5 atom stereocenters. The summed E-state index contributed by atoms with van der Waals surface area (Å²) >= 11 is 0. The van der Waals surface area contributed by atoms with E-state index in [9.17, 15) is 47.1 Å². The van der Waals surface area contributed by atoms with E-state index < -0.39 is 59.4 Å². The van der Waals surface area contributed by atoms with Crippen LogP contribution in [0.3, 0.4) is 0 Å². The van der Waals surface area contributed by atoms with E-state index in [1.54, 1.807) is 67.2 Å². The van der Waals surface area contributed by atoms with E-state index in [0.29, 0.717) is 16.6 Å². The minimum Gasteiger partial charge on any atom is -0.377 e. The molecule has 2 aliphatic heterocycles. The first-order chi connectivity index (χ1) is 37.9. The second-order valence-electron chi connectivity index (χ2n) is 20.8. The molecule has 3 heterocycles. The maximum atomic E-state index is 14.7. The number of aryl methyl sites for hydroxylation is 1. The lowest BCUT2D eigenvalue weighted by Crippen LogP contribution is -2.59. The molecule has 1 saturated carbocycles. The highest BCUT2D eigenvalue weighted by Crippen LogP contribution is 2.43. The first kappa shape index (κ1) is 59.8. The van der Waals surface area contributed by atoms with Gasteiger partial charge >= 0.3 is 0 Å². The minimum absolute atomic E-state index is 0.00208. The number of carbonyl (C=O) groups excluding carboxylic acids is 8. The zero-order valence-electron chi connectivity index (χ0n) is 46.4. The van der Waals surface area contributed by atoms with Gasteiger partial charge in [0.2, 0.25) is 23.6 Å². The molecule has 0 radical (unpaired) electrons. The molecule has 21 nitrogen and oxygen atoms in total. The summed E-state index contributed by atoms with van der Waals surface area (Å²) in [6.45, 7) is 8.98. The average molecular weight is 1100 g/mol. The van der Waals surface area contributed by atoms with Gasteiger partial charge in [0.15, 0.2) is 0 Å². The molecule has 23 heteroatoms. The van der Waals surface area contributed by atoms with Gasteiger partial charge in [-0.1, -0.05) is 32.3 Å². The van der Waals surface area contributed by atoms with Crippen LogP contribution < -0.4 is 31.9 Å². The number of rotatable bonds is 22. The molecule has 79 heavy (non-hydrogen) atoms. The molecule has 3 aromatic rings. The number of aromatic nitrogens is 1. The fourth-order valence-electron chi connectivity index (χ4n) is 10.9. The van der Waals surface area contributed by atoms with Gasteiger partial charge in [-0.05, 0) is 95.1 Å². The lowest BCUT2D eigenvalue weighted by molar-refractivity contribution is -0.142. The number of nitrogens with one attached hydrogen (secondary N) is 6. The van der Waals surface area contributed by atoms with Crippen LogP contribution >= 0.6 is 0 Å². The molecule has 2 saturated heterocycles. The summed E-state index contributed by atoms with van der Waals surface area (Å²) < 4.78 is 42.3. The summed E-state index contributed by atoms with van der Waals surface area (Å²) in [5.41, 5.74) is 1.83. The first-order valence-electron chi connectivity index (χ1n) is 27.5. The molecule has 3 fully saturated rings. The molecular formula is C56H77F2N11O10. The Bertz CT molecular complexity index is 2780. The third kappa shape index (κ3) is 14.0. The van der Waals surface area contributed by atoms with Crippen molar-refractivity contribution in [3.63, 3.8) is 0 Å². The summed E-state index contributed by atoms with van der Waals surface area (Å²) in [6, 6.07) is 5.70. The maximum Gasteiger partial charge on any atom is 0.271 e. The minimum atomic E-state index is -0.776. The normalized spacial score (nSPS) is 18.4. The molecule has 7 rings (SSSR count). The number of hydrogen-bond donors (Lipinski definition) is 6. The van der Waals surface area contributed by atoms with Crippen molar-refractivity contribution in [2.45, 2.75) is 89.9 Å². The van der Waals surface area contributed by atoms with E-state index >= 15 is 0 Å². The summed E-state index contributed by atoms with van der Waals surface area (Å²) in [4.78, 5) is 115. The number of hydrogen-bond acceptors (Lipinski definition) is 12. The summed E-state index contributed by atoms with van der Waals surface area (Å²) in [6.07, 6.45) is 4.76. The Hall–Kier alpha value is -6.82. The largest absolute Gasteiger partial charge is 0.377 e. The van der Waals surface area contributed by atoms with Crippen molar-refractivity contribution in [1.29, 1.82) is 0 Å². The van der Waals surface area contributed by atoms with Crippen LogP contribution in [-0.4, -0.2) is 202 Å². The zero-order valence-corrected chi connectivity index (χ0v) is 46.4. The monoisotopic (exact) mass is 1100 g/mol. The fourth-order valence-corrected chi connectivity index (χ4v) is 10.9. The smallest absolute Gasteiger partial charge is 0.271 e. The van der Waals surface area contributed by atoms with Crippen molar-refractivity contribution in [3.05, 3.63) is 76.0 Å². The van der Waals surface area contributed by atoms with Crippen molar-refractivity contribution in [2.24, 2.45) is 13.0 Å². The number of halogens is 2. The Balaban J connectivity index is 0.877. The quantitative estimate of drug-likeness (QED) is 0.0788. The lowest BCUT2D eigenvalue weighted by Gasteiger charge is -2.39. The highest BCUT2D eigenvalue weighted by molar-refractivity contribution is 6.28. The van der Waals surface area contributed by atoms with Crippen molar-refractivity contribution in [1.82, 2.24) is 56.1 Å². The van der Waals surface area contributed by atoms with E-state index in [4.69, 9.17) is 9.47 Å². The Morgan fingerprint density at radius 2 is 1.14 bits per heavy atom. The molecule has 6 N–H and O–H groups in total. The lowest BCUT2D eigenvalue weighted by atomic mass is 9.83. The van der Waals surface area contributed by atoms with Crippen molar-refractivity contribution in [2.75, 3.05) is 106 Å². The van der Waals surface area contributed by atoms with Gasteiger partial charge in [0.1, 0.15) is 29.4 Å². The molecule has 8 amide bonds. The number of likely N-dealkylation sites (N-methyl/N-ethyl adjacent to an activating group) is 2. The predicted octanol–water partition coefficient (Wildman–Crippen LogP) is 1.65. The van der Waals surface area contributed by atoms with Gasteiger partial charge in [-0.15, -0.1) is 0 Å². The highest BCUT2D eigenvalue weighted by atomic mass is 19.1. The number of piperazine rings is 2. The second kappa shape index (κ2) is 27.4. The number of ether oxygens (including phenoxy) is 2. The maximum absolute atomic E-state index is 14.7. The van der Waals surface area contributed by atoms with E-state index in [1.165, 1.54) is 35.2 Å². The van der Waals surface area contributed by atoms with E-state index in [-0.39, 0.29) is 155 Å². The Morgan fingerprint density at radius 1 is 0.620 bits per heavy atom. The Kier molecular flexibility index (Phi) is 20.7. The van der Waals surface area contributed by atoms with Gasteiger partial charge in [-0.25, -0.2) is 8.78 Å². The zero-order chi connectivity index (χ0) is 57.1. The molecule has 4 aliphatic rings.